The zero-order valence-corrected chi connectivity index (χ0v) is 11.8. The molecule has 20 heavy (non-hydrogen) atoms. The number of aromatic nitrogens is 3. The summed E-state index contributed by atoms with van der Waals surface area (Å²) in [5.41, 5.74) is 2.51. The number of nitrogens with zero attached hydrogens (tertiary/aromatic N) is 4. The Balaban J connectivity index is 2.16. The minimum atomic E-state index is 0.0145. The first-order valence-electron chi connectivity index (χ1n) is 6.50. The Morgan fingerprint density at radius 1 is 1.35 bits per heavy atom. The molecule has 0 aliphatic rings. The second-order valence-electron chi connectivity index (χ2n) is 4.66. The lowest BCUT2D eigenvalue weighted by Gasteiger charge is -2.21. The van der Waals surface area contributed by atoms with Crippen LogP contribution in [0.25, 0.3) is 5.69 Å². The number of hydrogen-bond donors (Lipinski definition) is 0. The van der Waals surface area contributed by atoms with E-state index in [-0.39, 0.29) is 5.91 Å². The molecule has 0 unspecified atom stereocenters. The third kappa shape index (κ3) is 3.12. The van der Waals surface area contributed by atoms with Gasteiger partial charge in [0.2, 0.25) is 0 Å². The summed E-state index contributed by atoms with van der Waals surface area (Å²) in [5.74, 6) is 0.0145. The molecule has 104 valence electrons. The van der Waals surface area contributed by atoms with Crippen LogP contribution in [0.1, 0.15) is 24.2 Å². The van der Waals surface area contributed by atoms with Crippen LogP contribution in [0, 0.1) is 0 Å². The summed E-state index contributed by atoms with van der Waals surface area (Å²) in [6.45, 7) is 8.98. The minimum Gasteiger partial charge on any atom is -0.335 e. The molecule has 1 aromatic heterocycles. The predicted octanol–water partition coefficient (Wildman–Crippen LogP) is 2.31. The van der Waals surface area contributed by atoms with Crippen LogP contribution >= 0.6 is 0 Å². The molecule has 1 heterocycles. The average molecular weight is 270 g/mol. The summed E-state index contributed by atoms with van der Waals surface area (Å²) in [5, 5.41) is 4.05. The van der Waals surface area contributed by atoms with Crippen molar-refractivity contribution in [3.8, 4) is 5.69 Å². The molecule has 0 bridgehead atoms. The molecule has 0 saturated carbocycles. The van der Waals surface area contributed by atoms with E-state index in [0.29, 0.717) is 18.7 Å². The Hall–Kier alpha value is -2.43. The lowest BCUT2D eigenvalue weighted by molar-refractivity contribution is 0.0778. The van der Waals surface area contributed by atoms with Crippen molar-refractivity contribution in [3.05, 3.63) is 54.6 Å². The highest BCUT2D eigenvalue weighted by Crippen LogP contribution is 2.11. The molecule has 2 aromatic rings. The largest absolute Gasteiger partial charge is 0.335 e. The monoisotopic (exact) mass is 270 g/mol. The normalized spacial score (nSPS) is 10.3. The molecule has 0 fully saturated rings. The molecule has 5 heteroatoms. The Morgan fingerprint density at radius 3 is 2.55 bits per heavy atom. The SMILES string of the molecule is C=C(C)CN(CC)C(=O)c1ccc(-n2cncn2)cc1. The van der Waals surface area contributed by atoms with Crippen molar-refractivity contribution >= 4 is 5.91 Å². The van der Waals surface area contributed by atoms with Gasteiger partial charge in [-0.05, 0) is 38.1 Å². The van der Waals surface area contributed by atoms with Gasteiger partial charge in [0.15, 0.2) is 0 Å². The van der Waals surface area contributed by atoms with E-state index in [2.05, 4.69) is 16.7 Å². The summed E-state index contributed by atoms with van der Waals surface area (Å²) >= 11 is 0. The summed E-state index contributed by atoms with van der Waals surface area (Å²) in [6.07, 6.45) is 3.10. The van der Waals surface area contributed by atoms with Gasteiger partial charge in [0.05, 0.1) is 5.69 Å². The lowest BCUT2D eigenvalue weighted by atomic mass is 10.1. The van der Waals surface area contributed by atoms with E-state index in [0.717, 1.165) is 11.3 Å². The molecular formula is C15H18N4O. The molecular weight excluding hydrogens is 252 g/mol. The first kappa shape index (κ1) is 14.0. The standard InChI is InChI=1S/C15H18N4O/c1-4-18(9-12(2)3)15(20)13-5-7-14(8-6-13)19-11-16-10-17-19/h5-8,10-11H,2,4,9H2,1,3H3. The Bertz CT molecular complexity index is 587. The molecule has 0 radical (unpaired) electrons. The molecule has 0 N–H and O–H groups in total. The van der Waals surface area contributed by atoms with Crippen LogP contribution in [0.15, 0.2) is 49.1 Å². The van der Waals surface area contributed by atoms with Crippen LogP contribution in [0.3, 0.4) is 0 Å². The third-order valence-corrected chi connectivity index (χ3v) is 2.93. The molecule has 1 amide bonds. The third-order valence-electron chi connectivity index (χ3n) is 2.93. The van der Waals surface area contributed by atoms with Gasteiger partial charge in [-0.15, -0.1) is 0 Å². The van der Waals surface area contributed by atoms with Gasteiger partial charge in [-0.3, -0.25) is 4.79 Å². The average Bonchev–Trinajstić information content (AvgIpc) is 2.98. The van der Waals surface area contributed by atoms with Gasteiger partial charge >= 0.3 is 0 Å². The van der Waals surface area contributed by atoms with E-state index in [1.807, 2.05) is 26.0 Å². The molecule has 0 spiro atoms. The molecule has 0 aliphatic heterocycles. The second-order valence-corrected chi connectivity index (χ2v) is 4.66. The van der Waals surface area contributed by atoms with Gasteiger partial charge in [0, 0.05) is 18.7 Å². The van der Waals surface area contributed by atoms with E-state index in [4.69, 9.17) is 0 Å². The maximum absolute atomic E-state index is 12.4. The van der Waals surface area contributed by atoms with E-state index < -0.39 is 0 Å². The maximum atomic E-state index is 12.4. The number of carbonyl (C=O) groups is 1. The molecule has 1 aromatic carbocycles. The number of benzene rings is 1. The van der Waals surface area contributed by atoms with E-state index in [1.54, 1.807) is 28.0 Å². The van der Waals surface area contributed by atoms with Crippen LogP contribution in [-0.2, 0) is 0 Å². The van der Waals surface area contributed by atoms with Crippen molar-refractivity contribution in [3.63, 3.8) is 0 Å². The van der Waals surface area contributed by atoms with Gasteiger partial charge in [-0.1, -0.05) is 12.2 Å². The Kier molecular flexibility index (Phi) is 4.30. The first-order valence-corrected chi connectivity index (χ1v) is 6.50. The maximum Gasteiger partial charge on any atom is 0.254 e. The smallest absolute Gasteiger partial charge is 0.254 e. The fourth-order valence-electron chi connectivity index (χ4n) is 1.93. The first-order chi connectivity index (χ1) is 9.61. The van der Waals surface area contributed by atoms with Crippen LogP contribution in [0.5, 0.6) is 0 Å². The van der Waals surface area contributed by atoms with Crippen molar-refractivity contribution in [2.24, 2.45) is 0 Å². The van der Waals surface area contributed by atoms with Crippen LogP contribution in [-0.4, -0.2) is 38.7 Å². The summed E-state index contributed by atoms with van der Waals surface area (Å²) in [7, 11) is 0. The number of amides is 1. The molecule has 2 rings (SSSR count). The molecule has 0 atom stereocenters. The summed E-state index contributed by atoms with van der Waals surface area (Å²) in [6, 6.07) is 7.33. The highest BCUT2D eigenvalue weighted by atomic mass is 16.2. The number of carbonyl (C=O) groups excluding carboxylic acids is 1. The van der Waals surface area contributed by atoms with Crippen molar-refractivity contribution in [2.45, 2.75) is 13.8 Å². The number of rotatable bonds is 5. The summed E-state index contributed by atoms with van der Waals surface area (Å²) in [4.78, 5) is 18.0. The van der Waals surface area contributed by atoms with Crippen molar-refractivity contribution in [2.75, 3.05) is 13.1 Å². The van der Waals surface area contributed by atoms with Crippen molar-refractivity contribution < 1.29 is 4.79 Å². The van der Waals surface area contributed by atoms with Crippen molar-refractivity contribution in [1.82, 2.24) is 19.7 Å². The van der Waals surface area contributed by atoms with Crippen LogP contribution in [0.4, 0.5) is 0 Å². The van der Waals surface area contributed by atoms with Crippen LogP contribution in [0.2, 0.25) is 0 Å². The lowest BCUT2D eigenvalue weighted by Crippen LogP contribution is -2.32. The van der Waals surface area contributed by atoms with E-state index in [9.17, 15) is 4.79 Å². The Labute approximate surface area is 118 Å². The van der Waals surface area contributed by atoms with Gasteiger partial charge in [-0.25, -0.2) is 9.67 Å². The fraction of sp³-hybridized carbons (Fsp3) is 0.267. The van der Waals surface area contributed by atoms with Gasteiger partial charge in [0.25, 0.3) is 5.91 Å². The fourth-order valence-corrected chi connectivity index (χ4v) is 1.93. The number of hydrogen-bond acceptors (Lipinski definition) is 3. The zero-order chi connectivity index (χ0) is 14.5. The van der Waals surface area contributed by atoms with Crippen molar-refractivity contribution in [1.29, 1.82) is 0 Å². The van der Waals surface area contributed by atoms with E-state index in [1.165, 1.54) is 6.33 Å². The predicted molar refractivity (Wildman–Crippen MR) is 77.8 cm³/mol. The van der Waals surface area contributed by atoms with Gasteiger partial charge in [-0.2, -0.15) is 5.10 Å². The number of likely N-dealkylation sites (N-methyl/N-ethyl adjacent to an activating group) is 1. The highest BCUT2D eigenvalue weighted by Gasteiger charge is 2.14. The topological polar surface area (TPSA) is 51.0 Å². The highest BCUT2D eigenvalue weighted by molar-refractivity contribution is 5.94. The minimum absolute atomic E-state index is 0.0145. The van der Waals surface area contributed by atoms with E-state index >= 15 is 0 Å². The van der Waals surface area contributed by atoms with Gasteiger partial charge < -0.3 is 4.90 Å². The Morgan fingerprint density at radius 2 is 2.05 bits per heavy atom. The van der Waals surface area contributed by atoms with Crippen LogP contribution < -0.4 is 0 Å². The summed E-state index contributed by atoms with van der Waals surface area (Å²) < 4.78 is 1.65. The van der Waals surface area contributed by atoms with Gasteiger partial charge in [0.1, 0.15) is 12.7 Å². The zero-order valence-electron chi connectivity index (χ0n) is 11.8. The second kappa shape index (κ2) is 6.14. The molecule has 0 aliphatic carbocycles. The quantitative estimate of drug-likeness (QED) is 0.783. The molecule has 5 nitrogen and oxygen atoms in total. The molecule has 0 saturated heterocycles.